The fraction of sp³-hybridized carbons (Fsp3) is 0.250. The van der Waals surface area contributed by atoms with Crippen LogP contribution in [0.25, 0.3) is 22.9 Å². The summed E-state index contributed by atoms with van der Waals surface area (Å²) < 4.78 is 7.31. The molecule has 4 aromatic rings. The normalized spacial score (nSPS) is 13.1. The molecule has 0 unspecified atom stereocenters. The predicted molar refractivity (Wildman–Crippen MR) is 115 cm³/mol. The topological polar surface area (TPSA) is 148 Å². The summed E-state index contributed by atoms with van der Waals surface area (Å²) in [5.74, 6) is 1.86. The van der Waals surface area contributed by atoms with Crippen LogP contribution < -0.4 is 15.4 Å². The second-order valence-corrected chi connectivity index (χ2v) is 7.34. The van der Waals surface area contributed by atoms with E-state index >= 15 is 0 Å². The zero-order valence-corrected chi connectivity index (χ0v) is 17.4. The van der Waals surface area contributed by atoms with E-state index in [1.807, 2.05) is 18.2 Å². The quantitative estimate of drug-likeness (QED) is 0.399. The number of ether oxygens (including phenoxy) is 1. The number of amides is 1. The number of para-hydroxylation sites is 1. The van der Waals surface area contributed by atoms with Gasteiger partial charge in [-0.15, -0.1) is 10.2 Å². The average Bonchev–Trinajstić information content (AvgIpc) is 3.34. The first-order chi connectivity index (χ1) is 15.6. The van der Waals surface area contributed by atoms with Crippen molar-refractivity contribution in [2.24, 2.45) is 13.0 Å². The van der Waals surface area contributed by atoms with Gasteiger partial charge in [-0.25, -0.2) is 9.97 Å². The molecule has 0 spiro atoms. The van der Waals surface area contributed by atoms with E-state index in [0.29, 0.717) is 40.3 Å². The molecule has 3 N–H and O–H groups in total. The van der Waals surface area contributed by atoms with Crippen LogP contribution >= 0.6 is 0 Å². The van der Waals surface area contributed by atoms with Crippen molar-refractivity contribution in [3.8, 4) is 28.7 Å². The molecule has 1 amide bonds. The van der Waals surface area contributed by atoms with E-state index in [4.69, 9.17) is 4.74 Å². The lowest BCUT2D eigenvalue weighted by molar-refractivity contribution is -0.117. The molecule has 1 aliphatic rings. The number of aromatic amines is 1. The Balaban J connectivity index is 1.54. The Morgan fingerprint density at radius 2 is 2.09 bits per heavy atom. The first-order valence-electron chi connectivity index (χ1n) is 9.96. The van der Waals surface area contributed by atoms with E-state index in [2.05, 4.69) is 46.1 Å². The third-order valence-electron chi connectivity index (χ3n) is 4.96. The lowest BCUT2D eigenvalue weighted by atomic mass is 10.1. The first-order valence-corrected chi connectivity index (χ1v) is 9.96. The third kappa shape index (κ3) is 3.85. The summed E-state index contributed by atoms with van der Waals surface area (Å²) in [5, 5.41) is 25.6. The van der Waals surface area contributed by atoms with Crippen LogP contribution in [0.5, 0.6) is 5.75 Å². The predicted octanol–water partition coefficient (Wildman–Crippen LogP) is 2.16. The minimum absolute atomic E-state index is 0.0461. The van der Waals surface area contributed by atoms with Crippen molar-refractivity contribution in [2.75, 3.05) is 17.7 Å². The molecule has 0 saturated heterocycles. The summed E-state index contributed by atoms with van der Waals surface area (Å²) in [4.78, 5) is 20.7. The summed E-state index contributed by atoms with van der Waals surface area (Å²) in [7, 11) is 3.38. The highest BCUT2D eigenvalue weighted by molar-refractivity contribution is 5.94. The number of anilines is 3. The average molecular weight is 432 g/mol. The van der Waals surface area contributed by atoms with Gasteiger partial charge >= 0.3 is 0 Å². The Hall–Kier alpha value is -4.35. The van der Waals surface area contributed by atoms with E-state index in [-0.39, 0.29) is 11.8 Å². The molecule has 3 aromatic heterocycles. The van der Waals surface area contributed by atoms with Crippen molar-refractivity contribution in [1.29, 1.82) is 0 Å². The minimum Gasteiger partial charge on any atom is -0.494 e. The molecule has 0 bridgehead atoms. The summed E-state index contributed by atoms with van der Waals surface area (Å²) >= 11 is 0. The van der Waals surface area contributed by atoms with E-state index in [1.54, 1.807) is 31.2 Å². The van der Waals surface area contributed by atoms with Gasteiger partial charge in [-0.3, -0.25) is 14.6 Å². The molecule has 12 heteroatoms. The number of nitrogens with zero attached hydrogens (tertiary/aromatic N) is 7. The molecular formula is C20H20N10O2. The molecule has 1 aliphatic carbocycles. The molecule has 1 fully saturated rings. The van der Waals surface area contributed by atoms with Crippen LogP contribution in [-0.2, 0) is 11.8 Å². The number of nitrogens with one attached hydrogen (secondary N) is 3. The van der Waals surface area contributed by atoms with E-state index in [0.717, 1.165) is 18.4 Å². The van der Waals surface area contributed by atoms with Gasteiger partial charge in [0.25, 0.3) is 0 Å². The Morgan fingerprint density at radius 1 is 1.22 bits per heavy atom. The van der Waals surface area contributed by atoms with Gasteiger partial charge in [0.15, 0.2) is 28.9 Å². The van der Waals surface area contributed by atoms with Crippen LogP contribution in [0.2, 0.25) is 0 Å². The summed E-state index contributed by atoms with van der Waals surface area (Å²) in [6, 6.07) is 7.31. The number of carbonyl (C=O) groups excluding carboxylic acids is 1. The van der Waals surface area contributed by atoms with Crippen molar-refractivity contribution in [3.05, 3.63) is 36.9 Å². The van der Waals surface area contributed by atoms with Gasteiger partial charge in [-0.05, 0) is 25.0 Å². The van der Waals surface area contributed by atoms with Crippen molar-refractivity contribution in [2.45, 2.75) is 12.8 Å². The second-order valence-electron chi connectivity index (χ2n) is 7.34. The van der Waals surface area contributed by atoms with E-state index < -0.39 is 0 Å². The highest BCUT2D eigenvalue weighted by Crippen LogP contribution is 2.38. The molecule has 12 nitrogen and oxygen atoms in total. The van der Waals surface area contributed by atoms with Crippen molar-refractivity contribution in [3.63, 3.8) is 0 Å². The Bertz CT molecular complexity index is 1260. The number of aromatic nitrogens is 8. The van der Waals surface area contributed by atoms with Crippen LogP contribution in [0.1, 0.15) is 12.8 Å². The molecule has 32 heavy (non-hydrogen) atoms. The van der Waals surface area contributed by atoms with Gasteiger partial charge in [0.1, 0.15) is 12.7 Å². The maximum atomic E-state index is 12.2. The highest BCUT2D eigenvalue weighted by atomic mass is 16.5. The lowest BCUT2D eigenvalue weighted by Crippen LogP contribution is -2.15. The maximum absolute atomic E-state index is 12.2. The SMILES string of the molecule is COc1c(Nc2cc(NC(=O)C3CC3)nnc2-c2ncn[nH]2)cccc1-c1ncn(C)n1. The number of H-pyrrole nitrogens is 1. The van der Waals surface area contributed by atoms with Crippen LogP contribution in [0, 0.1) is 5.92 Å². The molecule has 1 aromatic carbocycles. The molecule has 5 rings (SSSR count). The van der Waals surface area contributed by atoms with E-state index in [1.165, 1.54) is 6.33 Å². The fourth-order valence-electron chi connectivity index (χ4n) is 3.26. The Labute approximate surface area is 182 Å². The van der Waals surface area contributed by atoms with Gasteiger partial charge < -0.3 is 15.4 Å². The lowest BCUT2D eigenvalue weighted by Gasteiger charge is -2.16. The second kappa shape index (κ2) is 8.06. The Kier molecular flexibility index (Phi) is 4.94. The number of benzene rings is 1. The van der Waals surface area contributed by atoms with Crippen LogP contribution in [0.15, 0.2) is 36.9 Å². The highest BCUT2D eigenvalue weighted by Gasteiger charge is 2.30. The van der Waals surface area contributed by atoms with Crippen molar-refractivity contribution < 1.29 is 9.53 Å². The van der Waals surface area contributed by atoms with Gasteiger partial charge in [0, 0.05) is 19.0 Å². The van der Waals surface area contributed by atoms with Gasteiger partial charge in [-0.1, -0.05) is 6.07 Å². The zero-order valence-electron chi connectivity index (χ0n) is 17.4. The van der Waals surface area contributed by atoms with Gasteiger partial charge in [0.05, 0.1) is 24.0 Å². The Morgan fingerprint density at radius 3 is 2.78 bits per heavy atom. The smallest absolute Gasteiger partial charge is 0.228 e. The minimum atomic E-state index is -0.0570. The maximum Gasteiger partial charge on any atom is 0.228 e. The fourth-order valence-corrected chi connectivity index (χ4v) is 3.26. The number of rotatable bonds is 7. The number of hydrogen-bond acceptors (Lipinski definition) is 9. The molecule has 0 aliphatic heterocycles. The van der Waals surface area contributed by atoms with E-state index in [9.17, 15) is 4.79 Å². The van der Waals surface area contributed by atoms with Crippen LogP contribution in [-0.4, -0.2) is 53.2 Å². The van der Waals surface area contributed by atoms with Crippen molar-refractivity contribution >= 4 is 23.1 Å². The number of aryl methyl sites for hydroxylation is 1. The van der Waals surface area contributed by atoms with Crippen molar-refractivity contribution in [1.82, 2.24) is 40.1 Å². The largest absolute Gasteiger partial charge is 0.494 e. The van der Waals surface area contributed by atoms with Crippen LogP contribution in [0.3, 0.4) is 0 Å². The summed E-state index contributed by atoms with van der Waals surface area (Å²) in [6.07, 6.45) is 4.80. The molecule has 162 valence electrons. The molecule has 0 radical (unpaired) electrons. The van der Waals surface area contributed by atoms with Crippen LogP contribution in [0.4, 0.5) is 17.2 Å². The molecule has 1 saturated carbocycles. The summed E-state index contributed by atoms with van der Waals surface area (Å²) in [6.45, 7) is 0. The monoisotopic (exact) mass is 432 g/mol. The zero-order chi connectivity index (χ0) is 22.1. The summed E-state index contributed by atoms with van der Waals surface area (Å²) in [5.41, 5.74) is 2.39. The number of carbonyl (C=O) groups is 1. The standard InChI is InChI=1S/C20H20N10O2/c1-30-10-22-18(29-30)12-4-3-5-13(17(12)32-2)24-14-8-15(25-20(31)11-6-7-11)26-27-16(14)19-21-9-23-28-19/h3-5,8-11H,6-7H2,1-2H3,(H,21,23,28)(H2,24,25,26,31). The van der Waals surface area contributed by atoms with Gasteiger partial charge in [0.2, 0.25) is 5.91 Å². The number of methoxy groups -OCH3 is 1. The first kappa shape index (κ1) is 19.6. The van der Waals surface area contributed by atoms with Gasteiger partial charge in [-0.2, -0.15) is 10.2 Å². The molecular weight excluding hydrogens is 412 g/mol. The molecule has 0 atom stereocenters. The molecule has 3 heterocycles. The third-order valence-corrected chi connectivity index (χ3v) is 4.96. The number of hydrogen-bond donors (Lipinski definition) is 3.